The highest BCUT2D eigenvalue weighted by Crippen LogP contribution is 2.39. The lowest BCUT2D eigenvalue weighted by Gasteiger charge is -2.28. The molecule has 2 rings (SSSR count). The van der Waals surface area contributed by atoms with Gasteiger partial charge in [-0.2, -0.15) is 0 Å². The summed E-state index contributed by atoms with van der Waals surface area (Å²) in [4.78, 5) is 12.0. The minimum Gasteiger partial charge on any atom is -0.497 e. The number of hydrogen-bond donors (Lipinski definition) is 2. The maximum Gasteiger partial charge on any atom is 0.224 e. The first kappa shape index (κ1) is 13.9. The summed E-state index contributed by atoms with van der Waals surface area (Å²) in [6, 6.07) is 7.45. The second kappa shape index (κ2) is 5.61. The fraction of sp³-hybridized carbons (Fsp3) is 0.533. The smallest absolute Gasteiger partial charge is 0.224 e. The number of amides is 1. The van der Waals surface area contributed by atoms with E-state index in [-0.39, 0.29) is 12.5 Å². The Kier molecular flexibility index (Phi) is 4.10. The first-order valence-corrected chi connectivity index (χ1v) is 6.62. The quantitative estimate of drug-likeness (QED) is 0.818. The van der Waals surface area contributed by atoms with Crippen molar-refractivity contribution in [3.8, 4) is 5.75 Å². The zero-order valence-corrected chi connectivity index (χ0v) is 11.5. The highest BCUT2D eigenvalue weighted by atomic mass is 16.5. The fourth-order valence-corrected chi connectivity index (χ4v) is 2.28. The molecule has 2 N–H and O–H groups in total. The Bertz CT molecular complexity index is 439. The largest absolute Gasteiger partial charge is 0.497 e. The van der Waals surface area contributed by atoms with E-state index in [0.29, 0.717) is 12.3 Å². The number of ether oxygens (including phenoxy) is 1. The van der Waals surface area contributed by atoms with Crippen molar-refractivity contribution in [1.29, 1.82) is 0 Å². The Morgan fingerprint density at radius 2 is 2.05 bits per heavy atom. The first-order chi connectivity index (χ1) is 9.07. The van der Waals surface area contributed by atoms with Gasteiger partial charge in [-0.25, -0.2) is 0 Å². The number of nitrogens with one attached hydrogen (secondary N) is 1. The highest BCUT2D eigenvalue weighted by Gasteiger charge is 2.41. The van der Waals surface area contributed by atoms with Crippen molar-refractivity contribution < 1.29 is 14.6 Å². The summed E-state index contributed by atoms with van der Waals surface area (Å²) in [5.74, 6) is 1.15. The minimum atomic E-state index is -0.469. The molecule has 0 bridgehead atoms. The number of aliphatic hydroxyl groups excluding tert-OH is 1. The summed E-state index contributed by atoms with van der Waals surface area (Å²) in [5.41, 5.74) is 0.471. The lowest BCUT2D eigenvalue weighted by atomic mass is 9.96. The molecule has 1 saturated carbocycles. The summed E-state index contributed by atoms with van der Waals surface area (Å²) in [7, 11) is 1.62. The van der Waals surface area contributed by atoms with Crippen molar-refractivity contribution in [2.24, 2.45) is 5.92 Å². The second-order valence-corrected chi connectivity index (χ2v) is 5.42. The highest BCUT2D eigenvalue weighted by molar-refractivity contribution is 5.79. The van der Waals surface area contributed by atoms with Gasteiger partial charge in [0, 0.05) is 0 Å². The molecule has 0 heterocycles. The van der Waals surface area contributed by atoms with E-state index >= 15 is 0 Å². The van der Waals surface area contributed by atoms with Crippen molar-refractivity contribution in [2.45, 2.75) is 31.7 Å². The van der Waals surface area contributed by atoms with E-state index in [9.17, 15) is 9.90 Å². The molecule has 1 aromatic rings. The molecule has 1 unspecified atom stereocenters. The normalized spacial score (nSPS) is 17.6. The zero-order valence-electron chi connectivity index (χ0n) is 11.5. The molecular weight excluding hydrogens is 242 g/mol. The molecule has 0 aromatic heterocycles. The molecule has 1 aliphatic rings. The van der Waals surface area contributed by atoms with E-state index in [2.05, 4.69) is 5.32 Å². The standard InChI is InChI=1S/C15H21NO3/c1-15(10-17,12-5-6-12)16-14(18)9-11-3-7-13(19-2)8-4-11/h3-4,7-8,12,17H,5-6,9-10H2,1-2H3,(H,16,18). The molecule has 4 nitrogen and oxygen atoms in total. The van der Waals surface area contributed by atoms with Gasteiger partial charge in [-0.1, -0.05) is 12.1 Å². The lowest BCUT2D eigenvalue weighted by Crippen LogP contribution is -2.51. The molecule has 1 amide bonds. The van der Waals surface area contributed by atoms with Gasteiger partial charge in [0.25, 0.3) is 0 Å². The molecule has 1 atom stereocenters. The van der Waals surface area contributed by atoms with E-state index in [1.807, 2.05) is 31.2 Å². The van der Waals surface area contributed by atoms with E-state index in [1.54, 1.807) is 7.11 Å². The van der Waals surface area contributed by atoms with E-state index in [0.717, 1.165) is 24.2 Å². The Labute approximate surface area is 113 Å². The van der Waals surface area contributed by atoms with Crippen LogP contribution < -0.4 is 10.1 Å². The van der Waals surface area contributed by atoms with Crippen LogP contribution in [-0.4, -0.2) is 30.3 Å². The number of hydrogen-bond acceptors (Lipinski definition) is 3. The average Bonchev–Trinajstić information content (AvgIpc) is 3.24. The van der Waals surface area contributed by atoms with Gasteiger partial charge >= 0.3 is 0 Å². The van der Waals surface area contributed by atoms with Gasteiger partial charge in [0.2, 0.25) is 5.91 Å². The van der Waals surface area contributed by atoms with Gasteiger partial charge in [-0.05, 0) is 43.4 Å². The monoisotopic (exact) mass is 263 g/mol. The first-order valence-electron chi connectivity index (χ1n) is 6.62. The summed E-state index contributed by atoms with van der Waals surface area (Å²) >= 11 is 0. The van der Waals surface area contributed by atoms with Crippen molar-refractivity contribution in [1.82, 2.24) is 5.32 Å². The number of carbonyl (C=O) groups is 1. The predicted molar refractivity (Wildman–Crippen MR) is 73.1 cm³/mol. The summed E-state index contributed by atoms with van der Waals surface area (Å²) in [6.07, 6.45) is 2.49. The molecular formula is C15H21NO3. The molecule has 4 heteroatoms. The number of methoxy groups -OCH3 is 1. The molecule has 0 radical (unpaired) electrons. The summed E-state index contributed by atoms with van der Waals surface area (Å²) in [5, 5.41) is 12.4. The Morgan fingerprint density at radius 3 is 2.53 bits per heavy atom. The Hall–Kier alpha value is -1.55. The molecule has 104 valence electrons. The molecule has 0 spiro atoms. The van der Waals surface area contributed by atoms with Crippen LogP contribution in [0.15, 0.2) is 24.3 Å². The van der Waals surface area contributed by atoms with Crippen LogP contribution >= 0.6 is 0 Å². The molecule has 0 aliphatic heterocycles. The summed E-state index contributed by atoms with van der Waals surface area (Å²) < 4.78 is 5.08. The van der Waals surface area contributed by atoms with Crippen LogP contribution in [0.1, 0.15) is 25.3 Å². The van der Waals surface area contributed by atoms with Crippen LogP contribution in [0.2, 0.25) is 0 Å². The third-order valence-electron chi connectivity index (χ3n) is 3.76. The van der Waals surface area contributed by atoms with Gasteiger partial charge in [0.15, 0.2) is 0 Å². The number of carbonyl (C=O) groups excluding carboxylic acids is 1. The van der Waals surface area contributed by atoms with Crippen LogP contribution in [0.4, 0.5) is 0 Å². The zero-order chi connectivity index (χ0) is 13.9. The van der Waals surface area contributed by atoms with Gasteiger partial charge < -0.3 is 15.2 Å². The van der Waals surface area contributed by atoms with E-state index in [4.69, 9.17) is 4.74 Å². The third kappa shape index (κ3) is 3.47. The van der Waals surface area contributed by atoms with Crippen LogP contribution in [0.3, 0.4) is 0 Å². The average molecular weight is 263 g/mol. The fourth-order valence-electron chi connectivity index (χ4n) is 2.28. The maximum absolute atomic E-state index is 12.0. The van der Waals surface area contributed by atoms with E-state index in [1.165, 1.54) is 0 Å². The van der Waals surface area contributed by atoms with Crippen molar-refractivity contribution in [3.05, 3.63) is 29.8 Å². The van der Waals surface area contributed by atoms with Crippen LogP contribution in [0.25, 0.3) is 0 Å². The Balaban J connectivity index is 1.92. The van der Waals surface area contributed by atoms with Crippen LogP contribution in [0, 0.1) is 5.92 Å². The molecule has 0 saturated heterocycles. The molecule has 1 fully saturated rings. The van der Waals surface area contributed by atoms with Crippen molar-refractivity contribution >= 4 is 5.91 Å². The topological polar surface area (TPSA) is 58.6 Å². The number of aliphatic hydroxyl groups is 1. The number of rotatable bonds is 6. The van der Waals surface area contributed by atoms with Gasteiger partial charge in [0.1, 0.15) is 5.75 Å². The van der Waals surface area contributed by atoms with Crippen LogP contribution in [-0.2, 0) is 11.2 Å². The Morgan fingerprint density at radius 1 is 1.42 bits per heavy atom. The summed E-state index contributed by atoms with van der Waals surface area (Å²) in [6.45, 7) is 1.91. The van der Waals surface area contributed by atoms with Crippen LogP contribution in [0.5, 0.6) is 5.75 Å². The molecule has 19 heavy (non-hydrogen) atoms. The number of benzene rings is 1. The van der Waals surface area contributed by atoms with Gasteiger partial charge in [-0.15, -0.1) is 0 Å². The van der Waals surface area contributed by atoms with E-state index < -0.39 is 5.54 Å². The maximum atomic E-state index is 12.0. The third-order valence-corrected chi connectivity index (χ3v) is 3.76. The van der Waals surface area contributed by atoms with Gasteiger partial charge in [0.05, 0.1) is 25.7 Å². The predicted octanol–water partition coefficient (Wildman–Crippen LogP) is 1.51. The van der Waals surface area contributed by atoms with Crippen molar-refractivity contribution in [2.75, 3.05) is 13.7 Å². The molecule has 1 aliphatic carbocycles. The SMILES string of the molecule is COc1ccc(CC(=O)NC(C)(CO)C2CC2)cc1. The van der Waals surface area contributed by atoms with Gasteiger partial charge in [-0.3, -0.25) is 4.79 Å². The molecule has 1 aromatic carbocycles. The minimum absolute atomic E-state index is 0.00792. The lowest BCUT2D eigenvalue weighted by molar-refractivity contribution is -0.123. The van der Waals surface area contributed by atoms with Crippen molar-refractivity contribution in [3.63, 3.8) is 0 Å². The second-order valence-electron chi connectivity index (χ2n) is 5.42.